The van der Waals surface area contributed by atoms with Gasteiger partial charge in [-0.25, -0.2) is 9.59 Å². The Labute approximate surface area is 582 Å². The topological polar surface area (TPSA) is 325 Å². The zero-order chi connectivity index (χ0) is 71.9. The monoisotopic (exact) mass is 1430 g/mol. The number of benzene rings is 3. The molecule has 3 aromatic carbocycles. The summed E-state index contributed by atoms with van der Waals surface area (Å²) in [6, 6.07) is 12.9. The van der Waals surface area contributed by atoms with Crippen LogP contribution in [-0.2, 0) is 111 Å². The molecule has 30 nitrogen and oxygen atoms in total. The lowest BCUT2D eigenvalue weighted by Gasteiger charge is -2.26. The lowest BCUT2D eigenvalue weighted by molar-refractivity contribution is -0.645. The van der Waals surface area contributed by atoms with Gasteiger partial charge in [0.25, 0.3) is 10.1 Å². The summed E-state index contributed by atoms with van der Waals surface area (Å²) in [7, 11) is 8.13. The van der Waals surface area contributed by atoms with E-state index in [0.717, 1.165) is 0 Å². The average Bonchev–Trinajstić information content (AvgIpc) is 0.740. The predicted molar refractivity (Wildman–Crippen MR) is 360 cm³/mol. The molecule has 2 N–H and O–H groups in total. The summed E-state index contributed by atoms with van der Waals surface area (Å²) >= 11 is 0. The van der Waals surface area contributed by atoms with Crippen molar-refractivity contribution in [1.82, 2.24) is 0 Å². The summed E-state index contributed by atoms with van der Waals surface area (Å²) in [5.74, 6) is -2.08. The zero-order valence-electron chi connectivity index (χ0n) is 59.3. The van der Waals surface area contributed by atoms with Gasteiger partial charge in [0, 0.05) is 75.4 Å². The van der Waals surface area contributed by atoms with Crippen LogP contribution < -0.4 is 18.8 Å². The van der Waals surface area contributed by atoms with Crippen molar-refractivity contribution in [3.8, 4) is 17.2 Å². The van der Waals surface area contributed by atoms with Gasteiger partial charge in [-0.15, -0.1) is 0 Å². The third kappa shape index (κ3) is 35.1. The maximum atomic E-state index is 15.6. The highest BCUT2D eigenvalue weighted by Gasteiger charge is 2.31. The SMILES string of the molecule is COCCOCC(COCCOC)OCC(COC(COCCOC)COCCOC)Oc1ccc2c(c1)c(C(=O)Oc1c(C)cc(C(=O)O)cc1C)c1cc(OC(COC(COCCOC)COCCOC)COC(COCCOC)COCCOC)ccc1[n+]2CCCS(=O)(=O)O. The van der Waals surface area contributed by atoms with Gasteiger partial charge in [-0.05, 0) is 61.4 Å². The third-order valence-corrected chi connectivity index (χ3v) is 15.3. The minimum atomic E-state index is -4.45. The molecule has 4 aromatic rings. The average molecular weight is 1440 g/mol. The summed E-state index contributed by atoms with van der Waals surface area (Å²) in [6.45, 7) is 9.08. The molecule has 0 aliphatic heterocycles. The van der Waals surface area contributed by atoms with Crippen LogP contribution in [-0.4, -0.2) is 314 Å². The first-order valence-corrected chi connectivity index (χ1v) is 34.4. The van der Waals surface area contributed by atoms with Crippen LogP contribution in [0.25, 0.3) is 21.8 Å². The van der Waals surface area contributed by atoms with E-state index in [2.05, 4.69) is 0 Å². The van der Waals surface area contributed by atoms with Crippen molar-refractivity contribution in [2.75, 3.05) is 248 Å². The van der Waals surface area contributed by atoms with E-state index in [9.17, 15) is 22.9 Å². The number of nitrogens with zero attached hydrogens (tertiary/aromatic N) is 1. The number of carboxylic acid groups (broad SMARTS) is 1. The number of hydrogen-bond acceptors (Lipinski definition) is 27. The van der Waals surface area contributed by atoms with E-state index in [1.54, 1.807) is 107 Å². The van der Waals surface area contributed by atoms with Crippen LogP contribution in [0, 0.1) is 13.8 Å². The number of carbonyl (C=O) groups is 2. The number of aromatic nitrogens is 1. The van der Waals surface area contributed by atoms with Crippen molar-refractivity contribution in [2.24, 2.45) is 0 Å². The fourth-order valence-corrected chi connectivity index (χ4v) is 10.1. The number of ether oxygens (including phenoxy) is 23. The number of methoxy groups -OCH3 is 8. The summed E-state index contributed by atoms with van der Waals surface area (Å²) < 4.78 is 172. The Morgan fingerprint density at radius 3 is 0.970 bits per heavy atom. The van der Waals surface area contributed by atoms with Crippen LogP contribution in [0.3, 0.4) is 0 Å². The van der Waals surface area contributed by atoms with E-state index in [-0.39, 0.29) is 184 Å². The molecule has 0 amide bonds. The summed E-state index contributed by atoms with van der Waals surface area (Å²) in [5, 5.41) is 10.5. The molecule has 564 valence electrons. The molecule has 0 saturated carbocycles. The van der Waals surface area contributed by atoms with Gasteiger partial charge in [-0.3, -0.25) is 4.55 Å². The number of fused-ring (bicyclic) bond motifs is 2. The molecule has 0 saturated heterocycles. The molecule has 0 spiro atoms. The lowest BCUT2D eigenvalue weighted by Crippen LogP contribution is -2.38. The summed E-state index contributed by atoms with van der Waals surface area (Å²) in [5.41, 5.74) is 1.55. The Hall–Kier alpha value is -5.02. The number of carboxylic acids is 1. The van der Waals surface area contributed by atoms with Crippen LogP contribution in [0.1, 0.15) is 38.3 Å². The molecule has 0 bridgehead atoms. The van der Waals surface area contributed by atoms with Crippen LogP contribution in [0.15, 0.2) is 48.5 Å². The Morgan fingerprint density at radius 1 is 0.414 bits per heavy atom. The standard InChI is InChI=1S/C68H107NO29S/c1-50-34-52(67(70)71)35-51(2)66(50)98-68(72)65-61-36-53(96-59(46-92-55(38-84-25-17-76-3)39-85-26-18-77-4)47-93-56(40-86-27-19-78-5)41-87-28-20-79-6)12-14-63(61)69(16-11-33-99(73,74)75)64-15-13-54(37-62(64)65)97-60(48-94-57(42-88-29-21-80-7)43-89-30-22-81-8)49-95-58(44-90-31-23-82-9)45-91-32-24-83-10/h12-15,34-37,55-60H,11,16-33,38-49H2,1-10H3,(H-,70,71,73,74,75)/p+1. The van der Waals surface area contributed by atoms with Crippen LogP contribution >= 0.6 is 0 Å². The molecule has 1 aromatic heterocycles. The van der Waals surface area contributed by atoms with Crippen LogP contribution in [0.5, 0.6) is 17.2 Å². The van der Waals surface area contributed by atoms with E-state index in [1.807, 2.05) is 4.57 Å². The zero-order valence-corrected chi connectivity index (χ0v) is 60.1. The fraction of sp³-hybridized carbons (Fsp3) is 0.691. The second kappa shape index (κ2) is 52.0. The van der Waals surface area contributed by atoms with Gasteiger partial charge >= 0.3 is 11.9 Å². The van der Waals surface area contributed by atoms with Gasteiger partial charge in [0.05, 0.1) is 213 Å². The molecule has 1 heterocycles. The maximum Gasteiger partial charge on any atom is 0.345 e. The number of pyridine rings is 1. The molecular weight excluding hydrogens is 1330 g/mol. The minimum absolute atomic E-state index is 0.00191. The van der Waals surface area contributed by atoms with Crippen LogP contribution in [0.4, 0.5) is 0 Å². The van der Waals surface area contributed by atoms with Crippen molar-refractivity contribution >= 4 is 43.9 Å². The quantitative estimate of drug-likeness (QED) is 0.0154. The van der Waals surface area contributed by atoms with Gasteiger partial charge in [0.1, 0.15) is 53.9 Å². The van der Waals surface area contributed by atoms with Crippen molar-refractivity contribution in [3.05, 3.63) is 70.8 Å². The van der Waals surface area contributed by atoms with Gasteiger partial charge in [0.2, 0.25) is 11.0 Å². The lowest BCUT2D eigenvalue weighted by atomic mass is 10.0. The van der Waals surface area contributed by atoms with Gasteiger partial charge < -0.3 is 114 Å². The first-order chi connectivity index (χ1) is 48.0. The molecule has 99 heavy (non-hydrogen) atoms. The van der Waals surface area contributed by atoms with Gasteiger partial charge in [0.15, 0.2) is 6.54 Å². The molecular formula is C68H108NO29S+. The molecule has 0 atom stereocenters. The molecule has 0 aliphatic rings. The molecule has 4 rings (SSSR count). The fourth-order valence-electron chi connectivity index (χ4n) is 9.59. The first-order valence-electron chi connectivity index (χ1n) is 32.8. The smallest absolute Gasteiger partial charge is 0.345 e. The second-order valence-corrected chi connectivity index (χ2v) is 24.1. The Morgan fingerprint density at radius 2 is 0.707 bits per heavy atom. The minimum Gasteiger partial charge on any atom is -0.486 e. The number of aryl methyl sites for hydroxylation is 3. The highest BCUT2D eigenvalue weighted by atomic mass is 32.2. The normalized spacial score (nSPS) is 12.2. The van der Waals surface area contributed by atoms with Gasteiger partial charge in [-0.1, -0.05) is 0 Å². The van der Waals surface area contributed by atoms with Crippen molar-refractivity contribution < 1.29 is 141 Å². The Kier molecular flexibility index (Phi) is 45.4. The largest absolute Gasteiger partial charge is 0.486 e. The van der Waals surface area contributed by atoms with Crippen molar-refractivity contribution in [1.29, 1.82) is 0 Å². The van der Waals surface area contributed by atoms with Gasteiger partial charge in [-0.2, -0.15) is 13.0 Å². The number of carbonyl (C=O) groups excluding carboxylic acids is 1. The van der Waals surface area contributed by atoms with Crippen molar-refractivity contribution in [2.45, 2.75) is 63.4 Å². The molecule has 0 radical (unpaired) electrons. The highest BCUT2D eigenvalue weighted by Crippen LogP contribution is 2.34. The summed E-state index contributed by atoms with van der Waals surface area (Å²) in [6.07, 6.45) is -4.25. The van der Waals surface area contributed by atoms with E-state index in [4.69, 9.17) is 109 Å². The van der Waals surface area contributed by atoms with E-state index in [0.29, 0.717) is 75.0 Å². The van der Waals surface area contributed by atoms with E-state index in [1.165, 1.54) is 12.1 Å². The predicted octanol–water partition coefficient (Wildman–Crippen LogP) is 4.43. The number of rotatable bonds is 63. The number of hydrogen-bond donors (Lipinski definition) is 2. The number of aromatic carboxylic acids is 1. The molecule has 0 fully saturated rings. The van der Waals surface area contributed by atoms with E-state index < -0.39 is 64.4 Å². The summed E-state index contributed by atoms with van der Waals surface area (Å²) in [4.78, 5) is 27.9. The Balaban J connectivity index is 2.02. The molecule has 0 aliphatic carbocycles. The van der Waals surface area contributed by atoms with E-state index >= 15 is 4.79 Å². The third-order valence-electron chi connectivity index (χ3n) is 14.5. The Bertz CT molecular complexity index is 2680. The first kappa shape index (κ1) is 86.4. The highest BCUT2D eigenvalue weighted by molar-refractivity contribution is 7.85. The van der Waals surface area contributed by atoms with Crippen LogP contribution in [0.2, 0.25) is 0 Å². The number of esters is 1. The maximum absolute atomic E-state index is 15.6. The molecule has 0 unspecified atom stereocenters. The van der Waals surface area contributed by atoms with Crippen molar-refractivity contribution in [3.63, 3.8) is 0 Å². The second-order valence-electron chi connectivity index (χ2n) is 22.5. The molecule has 31 heteroatoms.